The molecule has 0 bridgehead atoms. The maximum atomic E-state index is 4.10. The molecule has 2 aromatic rings. The van der Waals surface area contributed by atoms with E-state index in [1.807, 2.05) is 34.4 Å². The van der Waals surface area contributed by atoms with Gasteiger partial charge in [0.25, 0.3) is 0 Å². The summed E-state index contributed by atoms with van der Waals surface area (Å²) in [4.78, 5) is 2.90. The molecule has 0 aromatic carbocycles. The highest BCUT2D eigenvalue weighted by Crippen LogP contribution is 2.60. The van der Waals surface area contributed by atoms with Crippen molar-refractivity contribution in [3.63, 3.8) is 0 Å². The van der Waals surface area contributed by atoms with Crippen LogP contribution in [-0.4, -0.2) is 0 Å². The summed E-state index contributed by atoms with van der Waals surface area (Å²) in [5.41, 5.74) is 1.52. The molecule has 0 amide bonds. The van der Waals surface area contributed by atoms with Gasteiger partial charge >= 0.3 is 0 Å². The number of halogens is 1. The quantitative estimate of drug-likeness (QED) is 0.234. The molecule has 0 saturated carbocycles. The molecule has 0 unspecified atom stereocenters. The molecule has 0 saturated heterocycles. The van der Waals surface area contributed by atoms with Crippen molar-refractivity contribution in [1.29, 1.82) is 0 Å². The Balaban J connectivity index is 1.47. The van der Waals surface area contributed by atoms with Crippen LogP contribution in [0.4, 0.5) is 0 Å². The summed E-state index contributed by atoms with van der Waals surface area (Å²) in [6, 6.07) is 6.87. The second kappa shape index (κ2) is 10.5. The van der Waals surface area contributed by atoms with Crippen LogP contribution in [0.3, 0.4) is 0 Å². The van der Waals surface area contributed by atoms with Gasteiger partial charge in [0.1, 0.15) is 3.66 Å². The van der Waals surface area contributed by atoms with Crippen LogP contribution in [-0.2, 0) is 10.1 Å². The van der Waals surface area contributed by atoms with Crippen LogP contribution in [0, 0.1) is 0 Å². The molecule has 0 aliphatic carbocycles. The SMILES string of the molecule is CCCCCCCCCCc1csc([C@@]2(Br)SC=C[C@H]2c2cccs2)c1. The summed E-state index contributed by atoms with van der Waals surface area (Å²) in [5.74, 6) is 0.433. The summed E-state index contributed by atoms with van der Waals surface area (Å²) >= 11 is 9.79. The van der Waals surface area contributed by atoms with Crippen LogP contribution in [0.1, 0.15) is 79.5 Å². The first kappa shape index (κ1) is 20.7. The maximum absolute atomic E-state index is 4.10. The second-order valence-electron chi connectivity index (χ2n) is 7.13. The van der Waals surface area contributed by atoms with Gasteiger partial charge in [-0.25, -0.2) is 0 Å². The van der Waals surface area contributed by atoms with Crippen molar-refractivity contribution in [3.05, 3.63) is 55.8 Å². The Hall–Kier alpha value is -0.0300. The lowest BCUT2D eigenvalue weighted by Crippen LogP contribution is -2.16. The first-order valence-electron chi connectivity index (χ1n) is 9.88. The molecule has 4 heteroatoms. The Labute approximate surface area is 179 Å². The highest BCUT2D eigenvalue weighted by atomic mass is 79.9. The number of rotatable bonds is 11. The van der Waals surface area contributed by atoms with Crippen molar-refractivity contribution in [2.24, 2.45) is 0 Å². The standard InChI is InChI=1S/C22H29BrS3/c1-2-3-4-5-6-7-8-9-11-18-16-21(25-17-18)22(23)19(13-15-26-22)20-12-10-14-24-20/h10,12-17,19H,2-9,11H2,1H3/t19-,22-/m0/s1. The van der Waals surface area contributed by atoms with Crippen molar-refractivity contribution >= 4 is 50.4 Å². The van der Waals surface area contributed by atoms with Crippen LogP contribution < -0.4 is 0 Å². The smallest absolute Gasteiger partial charge is 0.120 e. The van der Waals surface area contributed by atoms with E-state index < -0.39 is 0 Å². The average Bonchev–Trinajstić information content (AvgIpc) is 3.37. The molecule has 2 aromatic heterocycles. The predicted octanol–water partition coefficient (Wildman–Crippen LogP) is 9.08. The number of aryl methyl sites for hydroxylation is 1. The number of hydrogen-bond donors (Lipinski definition) is 0. The fraction of sp³-hybridized carbons (Fsp3) is 0.545. The minimum atomic E-state index is -0.0138. The van der Waals surface area contributed by atoms with E-state index in [9.17, 15) is 0 Å². The molecule has 0 spiro atoms. The van der Waals surface area contributed by atoms with E-state index >= 15 is 0 Å². The highest BCUT2D eigenvalue weighted by Gasteiger charge is 2.42. The molecule has 0 nitrogen and oxygen atoms in total. The minimum absolute atomic E-state index is 0.0138. The van der Waals surface area contributed by atoms with Crippen LogP contribution in [0.15, 0.2) is 40.4 Å². The first-order valence-corrected chi connectivity index (χ1v) is 13.3. The van der Waals surface area contributed by atoms with E-state index in [1.54, 1.807) is 0 Å². The van der Waals surface area contributed by atoms with Gasteiger partial charge in [-0.2, -0.15) is 0 Å². The number of thiophene rings is 2. The van der Waals surface area contributed by atoms with Gasteiger partial charge in [0.05, 0.1) is 0 Å². The van der Waals surface area contributed by atoms with E-state index in [0.717, 1.165) is 0 Å². The van der Waals surface area contributed by atoms with Gasteiger partial charge in [0.2, 0.25) is 0 Å². The van der Waals surface area contributed by atoms with Crippen LogP contribution in [0.5, 0.6) is 0 Å². The van der Waals surface area contributed by atoms with Crippen molar-refractivity contribution in [2.45, 2.75) is 74.3 Å². The molecular weight excluding hydrogens is 440 g/mol. The van der Waals surface area contributed by atoms with E-state index in [4.69, 9.17) is 0 Å². The Morgan fingerprint density at radius 1 is 1.04 bits per heavy atom. The summed E-state index contributed by atoms with van der Waals surface area (Å²) in [7, 11) is 0. The van der Waals surface area contributed by atoms with E-state index in [1.165, 1.54) is 73.1 Å². The summed E-state index contributed by atoms with van der Waals surface area (Å²) in [6.07, 6.45) is 14.7. The number of alkyl halides is 1. The second-order valence-corrected chi connectivity index (χ2v) is 11.9. The zero-order valence-electron chi connectivity index (χ0n) is 15.6. The van der Waals surface area contributed by atoms with Crippen molar-refractivity contribution in [1.82, 2.24) is 0 Å². The third-order valence-corrected chi connectivity index (χ3v) is 10.1. The topological polar surface area (TPSA) is 0 Å². The molecule has 2 atom stereocenters. The Kier molecular flexibility index (Phi) is 8.36. The predicted molar refractivity (Wildman–Crippen MR) is 125 cm³/mol. The molecule has 1 aliphatic rings. The zero-order chi connectivity index (χ0) is 18.2. The molecular formula is C22H29BrS3. The summed E-state index contributed by atoms with van der Waals surface area (Å²) in [5, 5.41) is 6.82. The van der Waals surface area contributed by atoms with E-state index in [2.05, 4.69) is 63.3 Å². The molecule has 26 heavy (non-hydrogen) atoms. The number of thioether (sulfide) groups is 1. The van der Waals surface area contributed by atoms with Crippen LogP contribution in [0.2, 0.25) is 0 Å². The van der Waals surface area contributed by atoms with Crippen molar-refractivity contribution in [2.75, 3.05) is 0 Å². The summed E-state index contributed by atoms with van der Waals surface area (Å²) < 4.78 is -0.0138. The molecule has 0 N–H and O–H groups in total. The van der Waals surface area contributed by atoms with Gasteiger partial charge in [-0.1, -0.05) is 79.9 Å². The first-order chi connectivity index (χ1) is 12.7. The molecule has 142 valence electrons. The largest absolute Gasteiger partial charge is 0.148 e. The zero-order valence-corrected chi connectivity index (χ0v) is 19.6. The molecule has 0 fully saturated rings. The van der Waals surface area contributed by atoms with Crippen molar-refractivity contribution < 1.29 is 0 Å². The maximum Gasteiger partial charge on any atom is 0.120 e. The lowest BCUT2D eigenvalue weighted by atomic mass is 10.0. The third-order valence-electron chi connectivity index (χ3n) is 5.07. The number of hydrogen-bond acceptors (Lipinski definition) is 3. The highest BCUT2D eigenvalue weighted by molar-refractivity contribution is 9.11. The molecule has 3 heterocycles. The molecule has 1 aliphatic heterocycles. The van der Waals surface area contributed by atoms with Gasteiger partial charge < -0.3 is 0 Å². The van der Waals surface area contributed by atoms with Gasteiger partial charge in [-0.05, 0) is 46.7 Å². The average molecular weight is 470 g/mol. The van der Waals surface area contributed by atoms with Crippen LogP contribution >= 0.6 is 50.4 Å². The van der Waals surface area contributed by atoms with E-state index in [-0.39, 0.29) is 3.66 Å². The summed E-state index contributed by atoms with van der Waals surface area (Å²) in [6.45, 7) is 2.29. The van der Waals surface area contributed by atoms with Gasteiger partial charge in [0.15, 0.2) is 0 Å². The number of unbranched alkanes of at least 4 members (excludes halogenated alkanes) is 7. The Morgan fingerprint density at radius 3 is 2.54 bits per heavy atom. The Morgan fingerprint density at radius 2 is 1.81 bits per heavy atom. The molecule has 0 radical (unpaired) electrons. The fourth-order valence-corrected chi connectivity index (χ4v) is 7.96. The third kappa shape index (κ3) is 5.27. The van der Waals surface area contributed by atoms with Crippen molar-refractivity contribution in [3.8, 4) is 0 Å². The lowest BCUT2D eigenvalue weighted by molar-refractivity contribution is 0.575. The monoisotopic (exact) mass is 468 g/mol. The molecule has 3 rings (SSSR count). The van der Waals surface area contributed by atoms with Gasteiger partial charge in [-0.15, -0.1) is 34.4 Å². The minimum Gasteiger partial charge on any atom is -0.148 e. The Bertz CT molecular complexity index is 673. The lowest BCUT2D eigenvalue weighted by Gasteiger charge is -2.26. The normalized spacial score (nSPS) is 22.3. The van der Waals surface area contributed by atoms with E-state index in [0.29, 0.717) is 5.92 Å². The number of allylic oxidation sites excluding steroid dienone is 1. The van der Waals surface area contributed by atoms with Gasteiger partial charge in [-0.3, -0.25) is 0 Å². The van der Waals surface area contributed by atoms with Crippen LogP contribution in [0.25, 0.3) is 0 Å². The fourth-order valence-electron chi connectivity index (χ4n) is 3.52. The van der Waals surface area contributed by atoms with Gasteiger partial charge in [0, 0.05) is 15.7 Å².